The van der Waals surface area contributed by atoms with Gasteiger partial charge in [-0.25, -0.2) is 9.97 Å². The topological polar surface area (TPSA) is 73.3 Å². The summed E-state index contributed by atoms with van der Waals surface area (Å²) in [7, 11) is 1.55. The molecule has 6 heteroatoms. The number of ether oxygens (including phenoxy) is 2. The fraction of sp³-hybridized carbons (Fsp3) is 0.312. The number of nitrogens with one attached hydrogen (secondary N) is 1. The Hall–Kier alpha value is -2.63. The maximum Gasteiger partial charge on any atom is 0.257 e. The number of nitrogens with zero attached hydrogens (tertiary/aromatic N) is 2. The largest absolute Gasteiger partial charge is 0.481 e. The highest BCUT2D eigenvalue weighted by Gasteiger charge is 2.14. The number of methoxy groups -OCH3 is 1. The van der Waals surface area contributed by atoms with Crippen LogP contribution in [0.4, 0.5) is 0 Å². The summed E-state index contributed by atoms with van der Waals surface area (Å²) in [5.41, 5.74) is 2.13. The number of carbonyl (C=O) groups excluding carboxylic acids is 1. The van der Waals surface area contributed by atoms with Gasteiger partial charge >= 0.3 is 0 Å². The van der Waals surface area contributed by atoms with E-state index < -0.39 is 0 Å². The maximum atomic E-state index is 12.3. The first-order valence-corrected chi connectivity index (χ1v) is 7.01. The van der Waals surface area contributed by atoms with Crippen LogP contribution in [0, 0.1) is 6.92 Å². The van der Waals surface area contributed by atoms with Crippen molar-refractivity contribution in [3.63, 3.8) is 0 Å². The predicted molar refractivity (Wildman–Crippen MR) is 82.1 cm³/mol. The minimum Gasteiger partial charge on any atom is -0.481 e. The van der Waals surface area contributed by atoms with Gasteiger partial charge in [-0.15, -0.1) is 0 Å². The molecule has 0 aliphatic carbocycles. The first kappa shape index (κ1) is 15.8. The van der Waals surface area contributed by atoms with Crippen LogP contribution in [0.15, 0.2) is 30.5 Å². The molecule has 1 N–H and O–H groups in total. The molecule has 0 atom stereocenters. The van der Waals surface area contributed by atoms with Gasteiger partial charge in [0.15, 0.2) is 0 Å². The number of aryl methyl sites for hydroxylation is 1. The summed E-state index contributed by atoms with van der Waals surface area (Å²) < 4.78 is 10.5. The molecule has 0 aliphatic rings. The second kappa shape index (κ2) is 7.40. The number of hydrogen-bond acceptors (Lipinski definition) is 5. The molecule has 0 radical (unpaired) electrons. The number of aromatic nitrogens is 2. The summed E-state index contributed by atoms with van der Waals surface area (Å²) in [6.07, 6.45) is 1.64. The predicted octanol–water partition coefficient (Wildman–Crippen LogP) is 2.12. The van der Waals surface area contributed by atoms with E-state index in [1.807, 2.05) is 19.9 Å². The van der Waals surface area contributed by atoms with E-state index in [1.54, 1.807) is 31.5 Å². The van der Waals surface area contributed by atoms with Crippen LogP contribution in [0.2, 0.25) is 0 Å². The molecule has 0 aromatic carbocycles. The Bertz CT molecular complexity index is 659. The Balaban J connectivity index is 2.08. The third-order valence-corrected chi connectivity index (χ3v) is 2.99. The first-order chi connectivity index (χ1) is 10.6. The van der Waals surface area contributed by atoms with E-state index >= 15 is 0 Å². The lowest BCUT2D eigenvalue weighted by Gasteiger charge is -2.10. The maximum absolute atomic E-state index is 12.3. The summed E-state index contributed by atoms with van der Waals surface area (Å²) in [5, 5.41) is 2.84. The van der Waals surface area contributed by atoms with Gasteiger partial charge in [-0.1, -0.05) is 0 Å². The third-order valence-electron chi connectivity index (χ3n) is 2.99. The molecule has 0 aliphatic heterocycles. The van der Waals surface area contributed by atoms with Crippen molar-refractivity contribution in [1.29, 1.82) is 0 Å². The molecular weight excluding hydrogens is 282 g/mol. The minimum absolute atomic E-state index is 0.230. The second-order valence-electron chi connectivity index (χ2n) is 4.63. The fourth-order valence-electron chi connectivity index (χ4n) is 1.90. The van der Waals surface area contributed by atoms with Gasteiger partial charge < -0.3 is 14.8 Å². The molecule has 6 nitrogen and oxygen atoms in total. The highest BCUT2D eigenvalue weighted by molar-refractivity contribution is 5.96. The normalized spacial score (nSPS) is 10.1. The summed E-state index contributed by atoms with van der Waals surface area (Å²) in [6.45, 7) is 4.54. The van der Waals surface area contributed by atoms with E-state index in [0.29, 0.717) is 30.5 Å². The van der Waals surface area contributed by atoms with Crippen LogP contribution in [0.3, 0.4) is 0 Å². The smallest absolute Gasteiger partial charge is 0.257 e. The summed E-state index contributed by atoms with van der Waals surface area (Å²) in [4.78, 5) is 20.6. The SMILES string of the molecule is CCOc1nc(C)ccc1C(=O)NCc1ccnc(OC)c1. The molecule has 22 heavy (non-hydrogen) atoms. The van der Waals surface area contributed by atoms with Gasteiger partial charge in [0.1, 0.15) is 5.56 Å². The van der Waals surface area contributed by atoms with Crippen molar-refractivity contribution >= 4 is 5.91 Å². The van der Waals surface area contributed by atoms with Crippen molar-refractivity contribution in [3.8, 4) is 11.8 Å². The standard InChI is InChI=1S/C16H19N3O3/c1-4-22-16-13(6-5-11(2)19-16)15(20)18-10-12-7-8-17-14(9-12)21-3/h5-9H,4,10H2,1-3H3,(H,18,20). The van der Waals surface area contributed by atoms with Crippen molar-refractivity contribution in [1.82, 2.24) is 15.3 Å². The van der Waals surface area contributed by atoms with E-state index in [1.165, 1.54) is 0 Å². The summed E-state index contributed by atoms with van der Waals surface area (Å²) >= 11 is 0. The molecule has 2 aromatic rings. The molecule has 0 fully saturated rings. The molecule has 0 spiro atoms. The van der Waals surface area contributed by atoms with Gasteiger partial charge in [-0.2, -0.15) is 0 Å². The lowest BCUT2D eigenvalue weighted by molar-refractivity contribution is 0.0946. The zero-order valence-electron chi connectivity index (χ0n) is 12.9. The van der Waals surface area contributed by atoms with E-state index in [4.69, 9.17) is 9.47 Å². The quantitative estimate of drug-likeness (QED) is 0.884. The molecule has 116 valence electrons. The lowest BCUT2D eigenvalue weighted by atomic mass is 10.2. The molecule has 0 unspecified atom stereocenters. The van der Waals surface area contributed by atoms with Gasteiger partial charge in [0.2, 0.25) is 11.8 Å². The number of rotatable bonds is 6. The summed E-state index contributed by atoms with van der Waals surface area (Å²) in [5.74, 6) is 0.637. The van der Waals surface area contributed by atoms with Crippen molar-refractivity contribution < 1.29 is 14.3 Å². The Morgan fingerprint density at radius 1 is 1.32 bits per heavy atom. The van der Waals surface area contributed by atoms with Crippen molar-refractivity contribution in [2.24, 2.45) is 0 Å². The number of hydrogen-bond donors (Lipinski definition) is 1. The van der Waals surface area contributed by atoms with E-state index in [0.717, 1.165) is 11.3 Å². The van der Waals surface area contributed by atoms with Crippen LogP contribution in [0.25, 0.3) is 0 Å². The van der Waals surface area contributed by atoms with E-state index in [9.17, 15) is 4.79 Å². The first-order valence-electron chi connectivity index (χ1n) is 7.01. The number of amides is 1. The van der Waals surface area contributed by atoms with Crippen molar-refractivity contribution in [2.75, 3.05) is 13.7 Å². The number of carbonyl (C=O) groups is 1. The molecule has 0 bridgehead atoms. The Morgan fingerprint density at radius 3 is 2.86 bits per heavy atom. The molecular formula is C16H19N3O3. The Labute approximate surface area is 129 Å². The molecule has 2 rings (SSSR count). The Kier molecular flexibility index (Phi) is 5.30. The van der Waals surface area contributed by atoms with E-state index in [2.05, 4.69) is 15.3 Å². The number of pyridine rings is 2. The minimum atomic E-state index is -0.230. The van der Waals surface area contributed by atoms with Crippen molar-refractivity contribution in [3.05, 3.63) is 47.3 Å². The summed E-state index contributed by atoms with van der Waals surface area (Å²) in [6, 6.07) is 7.10. The molecule has 2 heterocycles. The second-order valence-corrected chi connectivity index (χ2v) is 4.63. The van der Waals surface area contributed by atoms with Crippen molar-refractivity contribution in [2.45, 2.75) is 20.4 Å². The zero-order valence-corrected chi connectivity index (χ0v) is 12.9. The van der Waals surface area contributed by atoms with Gasteiger partial charge in [0.25, 0.3) is 5.91 Å². The molecule has 2 aromatic heterocycles. The van der Waals surface area contributed by atoms with Gasteiger partial charge in [0, 0.05) is 24.5 Å². The molecule has 0 saturated carbocycles. The molecule has 1 amide bonds. The molecule has 0 saturated heterocycles. The van der Waals surface area contributed by atoms with Gasteiger partial charge in [0.05, 0.1) is 13.7 Å². The lowest BCUT2D eigenvalue weighted by Crippen LogP contribution is -2.24. The fourth-order valence-corrected chi connectivity index (χ4v) is 1.90. The highest BCUT2D eigenvalue weighted by atomic mass is 16.5. The van der Waals surface area contributed by atoms with Gasteiger partial charge in [-0.05, 0) is 37.6 Å². The monoisotopic (exact) mass is 301 g/mol. The average molecular weight is 301 g/mol. The van der Waals surface area contributed by atoms with E-state index in [-0.39, 0.29) is 5.91 Å². The third kappa shape index (κ3) is 3.94. The van der Waals surface area contributed by atoms with Crippen LogP contribution in [-0.4, -0.2) is 29.6 Å². The van der Waals surface area contributed by atoms with Crippen LogP contribution in [-0.2, 0) is 6.54 Å². The Morgan fingerprint density at radius 2 is 2.14 bits per heavy atom. The highest BCUT2D eigenvalue weighted by Crippen LogP contribution is 2.16. The van der Waals surface area contributed by atoms with Crippen LogP contribution in [0.5, 0.6) is 11.8 Å². The zero-order chi connectivity index (χ0) is 15.9. The van der Waals surface area contributed by atoms with Crippen LogP contribution >= 0.6 is 0 Å². The van der Waals surface area contributed by atoms with Gasteiger partial charge in [-0.3, -0.25) is 4.79 Å². The van der Waals surface area contributed by atoms with Crippen LogP contribution in [0.1, 0.15) is 28.5 Å². The van der Waals surface area contributed by atoms with Crippen LogP contribution < -0.4 is 14.8 Å². The average Bonchev–Trinajstić information content (AvgIpc) is 2.53.